The van der Waals surface area contributed by atoms with E-state index in [0.29, 0.717) is 6.04 Å². The molecule has 0 radical (unpaired) electrons. The van der Waals surface area contributed by atoms with Crippen molar-refractivity contribution in [2.75, 3.05) is 45.2 Å². The number of para-hydroxylation sites is 1. The number of likely N-dealkylation sites (N-methyl/N-ethyl adjacent to an activating group) is 1. The zero-order valence-corrected chi connectivity index (χ0v) is 17.0. The lowest BCUT2D eigenvalue weighted by Crippen LogP contribution is -2.38. The molecule has 27 heavy (non-hydrogen) atoms. The van der Waals surface area contributed by atoms with Gasteiger partial charge in [0.2, 0.25) is 0 Å². The van der Waals surface area contributed by atoms with Gasteiger partial charge in [0.25, 0.3) is 5.91 Å². The SMILES string of the molecule is CCN(CC)[C@H]1CCN(C(=O)c2ccc(-c3ccccc3N(C)C)cc2)C1. The fourth-order valence-electron chi connectivity index (χ4n) is 4.05. The number of benzene rings is 2. The molecule has 0 saturated carbocycles. The molecule has 0 bridgehead atoms. The smallest absolute Gasteiger partial charge is 0.253 e. The predicted octanol–water partition coefficient (Wildman–Crippen LogP) is 3.98. The number of anilines is 1. The quantitative estimate of drug-likeness (QED) is 0.775. The number of carbonyl (C=O) groups is 1. The first kappa shape index (κ1) is 19.4. The van der Waals surface area contributed by atoms with Crippen molar-refractivity contribution in [1.82, 2.24) is 9.80 Å². The lowest BCUT2D eigenvalue weighted by Gasteiger charge is -2.26. The molecule has 0 spiro atoms. The van der Waals surface area contributed by atoms with E-state index in [2.05, 4.69) is 74.1 Å². The van der Waals surface area contributed by atoms with Crippen LogP contribution < -0.4 is 4.90 Å². The van der Waals surface area contributed by atoms with Crippen LogP contribution in [0.25, 0.3) is 11.1 Å². The van der Waals surface area contributed by atoms with Gasteiger partial charge < -0.3 is 9.80 Å². The molecular formula is C23H31N3O. The second-order valence-electron chi connectivity index (χ2n) is 7.40. The van der Waals surface area contributed by atoms with Crippen LogP contribution in [0.1, 0.15) is 30.6 Å². The van der Waals surface area contributed by atoms with Gasteiger partial charge in [0.1, 0.15) is 0 Å². The topological polar surface area (TPSA) is 26.8 Å². The minimum Gasteiger partial charge on any atom is -0.377 e. The number of hydrogen-bond donors (Lipinski definition) is 0. The summed E-state index contributed by atoms with van der Waals surface area (Å²) >= 11 is 0. The number of nitrogens with zero attached hydrogens (tertiary/aromatic N) is 3. The second-order valence-corrected chi connectivity index (χ2v) is 7.40. The van der Waals surface area contributed by atoms with Crippen LogP contribution in [0.5, 0.6) is 0 Å². The molecule has 3 rings (SSSR count). The van der Waals surface area contributed by atoms with Crippen LogP contribution in [0, 0.1) is 0 Å². The number of likely N-dealkylation sites (tertiary alicyclic amines) is 1. The van der Waals surface area contributed by atoms with Crippen molar-refractivity contribution in [3.8, 4) is 11.1 Å². The summed E-state index contributed by atoms with van der Waals surface area (Å²) in [5, 5.41) is 0. The predicted molar refractivity (Wildman–Crippen MR) is 113 cm³/mol. The Morgan fingerprint density at radius 3 is 2.33 bits per heavy atom. The van der Waals surface area contributed by atoms with Crippen LogP contribution >= 0.6 is 0 Å². The van der Waals surface area contributed by atoms with Gasteiger partial charge in [0.05, 0.1) is 0 Å². The molecule has 2 aromatic carbocycles. The molecule has 0 aliphatic carbocycles. The van der Waals surface area contributed by atoms with Crippen molar-refractivity contribution in [3.63, 3.8) is 0 Å². The first-order valence-corrected chi connectivity index (χ1v) is 9.95. The maximum Gasteiger partial charge on any atom is 0.253 e. The summed E-state index contributed by atoms with van der Waals surface area (Å²) in [7, 11) is 4.10. The summed E-state index contributed by atoms with van der Waals surface area (Å²) in [5.41, 5.74) is 4.28. The highest BCUT2D eigenvalue weighted by atomic mass is 16.2. The van der Waals surface area contributed by atoms with Crippen LogP contribution in [0.3, 0.4) is 0 Å². The third kappa shape index (κ3) is 4.16. The van der Waals surface area contributed by atoms with E-state index in [4.69, 9.17) is 0 Å². The average Bonchev–Trinajstić information content (AvgIpc) is 3.18. The van der Waals surface area contributed by atoms with Gasteiger partial charge in [-0.25, -0.2) is 0 Å². The molecule has 1 heterocycles. The Morgan fingerprint density at radius 1 is 1.04 bits per heavy atom. The van der Waals surface area contributed by atoms with E-state index >= 15 is 0 Å². The van der Waals surface area contributed by atoms with Gasteiger partial charge in [-0.1, -0.05) is 44.2 Å². The Morgan fingerprint density at radius 2 is 1.70 bits per heavy atom. The van der Waals surface area contributed by atoms with Gasteiger partial charge in [-0.05, 0) is 43.3 Å². The summed E-state index contributed by atoms with van der Waals surface area (Å²) in [4.78, 5) is 19.5. The molecule has 4 nitrogen and oxygen atoms in total. The average molecular weight is 366 g/mol. The van der Waals surface area contributed by atoms with Gasteiger partial charge in [0.15, 0.2) is 0 Å². The van der Waals surface area contributed by atoms with Crippen LogP contribution in [0.15, 0.2) is 48.5 Å². The number of rotatable bonds is 6. The summed E-state index contributed by atoms with van der Waals surface area (Å²) < 4.78 is 0. The normalized spacial score (nSPS) is 16.8. The van der Waals surface area contributed by atoms with Crippen molar-refractivity contribution < 1.29 is 4.79 Å². The zero-order valence-electron chi connectivity index (χ0n) is 17.0. The molecule has 1 fully saturated rings. The molecule has 2 aromatic rings. The minimum absolute atomic E-state index is 0.150. The number of carbonyl (C=O) groups excluding carboxylic acids is 1. The van der Waals surface area contributed by atoms with Gasteiger partial charge in [0, 0.05) is 50.0 Å². The van der Waals surface area contributed by atoms with Crippen molar-refractivity contribution in [2.45, 2.75) is 26.3 Å². The highest BCUT2D eigenvalue weighted by Crippen LogP contribution is 2.30. The molecule has 1 aliphatic heterocycles. The van der Waals surface area contributed by atoms with Crippen LogP contribution in [-0.4, -0.2) is 62.0 Å². The molecule has 144 valence electrons. The Kier molecular flexibility index (Phi) is 6.17. The van der Waals surface area contributed by atoms with E-state index < -0.39 is 0 Å². The van der Waals surface area contributed by atoms with Crippen molar-refractivity contribution in [3.05, 3.63) is 54.1 Å². The fourth-order valence-corrected chi connectivity index (χ4v) is 4.05. The lowest BCUT2D eigenvalue weighted by molar-refractivity contribution is 0.0778. The Hall–Kier alpha value is -2.33. The molecule has 0 aromatic heterocycles. The maximum atomic E-state index is 12.9. The van der Waals surface area contributed by atoms with Gasteiger partial charge in [-0.2, -0.15) is 0 Å². The van der Waals surface area contributed by atoms with E-state index in [0.717, 1.165) is 43.7 Å². The second kappa shape index (κ2) is 8.57. The number of hydrogen-bond acceptors (Lipinski definition) is 3. The van der Waals surface area contributed by atoms with E-state index in [-0.39, 0.29) is 5.91 Å². The zero-order chi connectivity index (χ0) is 19.4. The van der Waals surface area contributed by atoms with E-state index in [1.807, 2.05) is 17.0 Å². The van der Waals surface area contributed by atoms with Crippen LogP contribution in [0.4, 0.5) is 5.69 Å². The Labute approximate surface area is 163 Å². The maximum absolute atomic E-state index is 12.9. The largest absolute Gasteiger partial charge is 0.377 e. The highest BCUT2D eigenvalue weighted by Gasteiger charge is 2.29. The Balaban J connectivity index is 1.74. The lowest BCUT2D eigenvalue weighted by atomic mass is 10.0. The molecule has 4 heteroatoms. The molecule has 1 saturated heterocycles. The van der Waals surface area contributed by atoms with Crippen molar-refractivity contribution in [2.24, 2.45) is 0 Å². The summed E-state index contributed by atoms with van der Waals surface area (Å²) in [6.45, 7) is 8.17. The van der Waals surface area contributed by atoms with E-state index in [9.17, 15) is 4.79 Å². The van der Waals surface area contributed by atoms with Crippen molar-refractivity contribution >= 4 is 11.6 Å². The standard InChI is InChI=1S/C23H31N3O/c1-5-25(6-2)20-15-16-26(17-20)23(27)19-13-11-18(12-14-19)21-9-7-8-10-22(21)24(3)4/h7-14,20H,5-6,15-17H2,1-4H3/t20-/m0/s1. The fraction of sp³-hybridized carbons (Fsp3) is 0.435. The number of amides is 1. The third-order valence-corrected chi connectivity index (χ3v) is 5.61. The molecule has 0 N–H and O–H groups in total. The first-order chi connectivity index (χ1) is 13.0. The molecule has 0 unspecified atom stereocenters. The molecular weight excluding hydrogens is 334 g/mol. The third-order valence-electron chi connectivity index (χ3n) is 5.61. The molecule has 1 amide bonds. The van der Waals surface area contributed by atoms with E-state index in [1.165, 1.54) is 11.3 Å². The van der Waals surface area contributed by atoms with Crippen LogP contribution in [0.2, 0.25) is 0 Å². The van der Waals surface area contributed by atoms with Gasteiger partial charge >= 0.3 is 0 Å². The monoisotopic (exact) mass is 365 g/mol. The Bertz CT molecular complexity index is 765. The van der Waals surface area contributed by atoms with Gasteiger partial charge in [-0.3, -0.25) is 9.69 Å². The minimum atomic E-state index is 0.150. The van der Waals surface area contributed by atoms with E-state index in [1.54, 1.807) is 0 Å². The summed E-state index contributed by atoms with van der Waals surface area (Å²) in [5.74, 6) is 0.150. The summed E-state index contributed by atoms with van der Waals surface area (Å²) in [6.07, 6.45) is 1.07. The molecule has 1 aliphatic rings. The summed E-state index contributed by atoms with van der Waals surface area (Å²) in [6, 6.07) is 16.9. The molecule has 1 atom stereocenters. The van der Waals surface area contributed by atoms with Crippen LogP contribution in [-0.2, 0) is 0 Å². The first-order valence-electron chi connectivity index (χ1n) is 9.95. The highest BCUT2D eigenvalue weighted by molar-refractivity contribution is 5.95. The van der Waals surface area contributed by atoms with Gasteiger partial charge in [-0.15, -0.1) is 0 Å². The van der Waals surface area contributed by atoms with Crippen molar-refractivity contribution in [1.29, 1.82) is 0 Å².